The molecule has 4 fully saturated rings. The number of ether oxygens (including phenoxy) is 1. The lowest BCUT2D eigenvalue weighted by Gasteiger charge is -2.66. The number of hydrogen-bond acceptors (Lipinski definition) is 4. The molecule has 0 aromatic heterocycles. The van der Waals surface area contributed by atoms with E-state index in [-0.39, 0.29) is 17.4 Å². The number of hydrazine groups is 1. The molecule has 3 unspecified atom stereocenters. The lowest BCUT2D eigenvalue weighted by Crippen LogP contribution is -2.78. The topological polar surface area (TPSA) is 19.0 Å². The minimum atomic E-state index is -0.176. The van der Waals surface area contributed by atoms with Crippen molar-refractivity contribution in [3.63, 3.8) is 0 Å². The number of morpholine rings is 1. The van der Waals surface area contributed by atoms with Gasteiger partial charge in [-0.1, -0.05) is 43.7 Å². The van der Waals surface area contributed by atoms with Gasteiger partial charge in [-0.2, -0.15) is 0 Å². The molecule has 3 heterocycles. The SMILES string of the molecule is CCC1(C2CC2)OC(C)CN(N2CCCCC2)C1(c1ccccc1)N1CCCC1. The molecule has 0 radical (unpaired) electrons. The van der Waals surface area contributed by atoms with E-state index in [0.29, 0.717) is 5.92 Å². The molecule has 0 amide bonds. The Labute approximate surface area is 177 Å². The van der Waals surface area contributed by atoms with Crippen molar-refractivity contribution in [2.24, 2.45) is 5.92 Å². The predicted octanol–water partition coefficient (Wildman–Crippen LogP) is 4.62. The van der Waals surface area contributed by atoms with E-state index < -0.39 is 0 Å². The van der Waals surface area contributed by atoms with Gasteiger partial charge in [-0.25, -0.2) is 10.0 Å². The second kappa shape index (κ2) is 7.96. The maximum absolute atomic E-state index is 7.14. The van der Waals surface area contributed by atoms with E-state index in [1.54, 1.807) is 0 Å². The second-order valence-corrected chi connectivity index (χ2v) is 9.77. The van der Waals surface area contributed by atoms with Gasteiger partial charge in [0.15, 0.2) is 0 Å². The van der Waals surface area contributed by atoms with Crippen LogP contribution in [-0.4, -0.2) is 59.3 Å². The van der Waals surface area contributed by atoms with Gasteiger partial charge in [-0.05, 0) is 63.4 Å². The molecule has 3 saturated heterocycles. The number of benzene rings is 1. The number of nitrogens with zero attached hydrogens (tertiary/aromatic N) is 3. The first-order chi connectivity index (χ1) is 14.2. The summed E-state index contributed by atoms with van der Waals surface area (Å²) in [5.74, 6) is 0.670. The third-order valence-corrected chi connectivity index (χ3v) is 7.98. The Morgan fingerprint density at radius 2 is 1.59 bits per heavy atom. The fraction of sp³-hybridized carbons (Fsp3) is 0.760. The van der Waals surface area contributed by atoms with Gasteiger partial charge in [-0.3, -0.25) is 4.90 Å². The summed E-state index contributed by atoms with van der Waals surface area (Å²) in [4.78, 5) is 2.82. The van der Waals surface area contributed by atoms with Crippen molar-refractivity contribution in [1.82, 2.24) is 14.9 Å². The van der Waals surface area contributed by atoms with Crippen LogP contribution in [0.15, 0.2) is 30.3 Å². The summed E-state index contributed by atoms with van der Waals surface area (Å²) in [6.07, 6.45) is 10.6. The van der Waals surface area contributed by atoms with E-state index in [2.05, 4.69) is 59.1 Å². The third kappa shape index (κ3) is 3.10. The first-order valence-corrected chi connectivity index (χ1v) is 12.2. The molecule has 1 aliphatic carbocycles. The first kappa shape index (κ1) is 20.0. The standard InChI is InChI=1S/C25H39N3O/c1-3-24(22-14-15-22)25(26-16-10-11-17-26,23-12-6-4-7-13-23)28(20-21(2)29-24)27-18-8-5-9-19-27/h4,6-7,12-13,21-22H,3,5,8-11,14-20H2,1-2H3. The van der Waals surface area contributed by atoms with E-state index >= 15 is 0 Å². The van der Waals surface area contributed by atoms with Crippen LogP contribution in [0.25, 0.3) is 0 Å². The van der Waals surface area contributed by atoms with Crippen LogP contribution >= 0.6 is 0 Å². The Kier molecular flexibility index (Phi) is 5.48. The van der Waals surface area contributed by atoms with Gasteiger partial charge in [0.1, 0.15) is 11.3 Å². The number of hydrogen-bond donors (Lipinski definition) is 0. The maximum atomic E-state index is 7.14. The molecule has 160 valence electrons. The molecule has 1 saturated carbocycles. The molecular formula is C25H39N3O. The zero-order chi connectivity index (χ0) is 19.9. The molecule has 4 aliphatic rings. The van der Waals surface area contributed by atoms with E-state index in [9.17, 15) is 0 Å². The fourth-order valence-corrected chi connectivity index (χ4v) is 6.78. The van der Waals surface area contributed by atoms with Crippen LogP contribution in [0.3, 0.4) is 0 Å². The quantitative estimate of drug-likeness (QED) is 0.722. The highest BCUT2D eigenvalue weighted by atomic mass is 16.5. The minimum Gasteiger partial charge on any atom is -0.367 e. The van der Waals surface area contributed by atoms with Gasteiger partial charge in [0.2, 0.25) is 0 Å². The zero-order valence-corrected chi connectivity index (χ0v) is 18.5. The van der Waals surface area contributed by atoms with Crippen LogP contribution in [-0.2, 0) is 10.4 Å². The van der Waals surface area contributed by atoms with Crippen LogP contribution in [0.4, 0.5) is 0 Å². The smallest absolute Gasteiger partial charge is 0.143 e. The molecule has 1 aromatic rings. The van der Waals surface area contributed by atoms with Crippen molar-refractivity contribution < 1.29 is 4.74 Å². The maximum Gasteiger partial charge on any atom is 0.143 e. The molecule has 5 rings (SSSR count). The van der Waals surface area contributed by atoms with Crippen molar-refractivity contribution in [2.75, 3.05) is 32.7 Å². The van der Waals surface area contributed by atoms with Crippen LogP contribution in [0, 0.1) is 5.92 Å². The van der Waals surface area contributed by atoms with E-state index in [1.165, 1.54) is 76.7 Å². The number of piperidine rings is 1. The summed E-state index contributed by atoms with van der Waals surface area (Å²) < 4.78 is 7.14. The van der Waals surface area contributed by atoms with E-state index in [1.807, 2.05) is 0 Å². The van der Waals surface area contributed by atoms with Crippen LogP contribution < -0.4 is 0 Å². The molecule has 4 nitrogen and oxygen atoms in total. The molecular weight excluding hydrogens is 358 g/mol. The lowest BCUT2D eigenvalue weighted by molar-refractivity contribution is -0.340. The molecule has 0 N–H and O–H groups in total. The van der Waals surface area contributed by atoms with Crippen molar-refractivity contribution in [3.8, 4) is 0 Å². The average Bonchev–Trinajstić information content (AvgIpc) is 3.49. The zero-order valence-electron chi connectivity index (χ0n) is 18.5. The number of rotatable bonds is 5. The van der Waals surface area contributed by atoms with Crippen molar-refractivity contribution in [2.45, 2.75) is 82.6 Å². The van der Waals surface area contributed by atoms with Crippen molar-refractivity contribution in [1.29, 1.82) is 0 Å². The molecule has 29 heavy (non-hydrogen) atoms. The highest BCUT2D eigenvalue weighted by molar-refractivity contribution is 5.32. The Bertz CT molecular complexity index is 681. The van der Waals surface area contributed by atoms with Gasteiger partial charge in [0.25, 0.3) is 0 Å². The van der Waals surface area contributed by atoms with E-state index in [0.717, 1.165) is 13.0 Å². The average molecular weight is 398 g/mol. The second-order valence-electron chi connectivity index (χ2n) is 9.77. The first-order valence-electron chi connectivity index (χ1n) is 12.2. The van der Waals surface area contributed by atoms with Crippen LogP contribution in [0.1, 0.15) is 70.8 Å². The molecule has 1 aromatic carbocycles. The Morgan fingerprint density at radius 3 is 2.21 bits per heavy atom. The van der Waals surface area contributed by atoms with Gasteiger partial charge in [0, 0.05) is 32.7 Å². The van der Waals surface area contributed by atoms with Crippen molar-refractivity contribution >= 4 is 0 Å². The third-order valence-electron chi connectivity index (χ3n) is 7.98. The summed E-state index contributed by atoms with van der Waals surface area (Å²) in [6, 6.07) is 11.4. The van der Waals surface area contributed by atoms with Gasteiger partial charge >= 0.3 is 0 Å². The summed E-state index contributed by atoms with van der Waals surface area (Å²) in [5.41, 5.74) is 1.14. The Hall–Kier alpha value is -0.940. The summed E-state index contributed by atoms with van der Waals surface area (Å²) >= 11 is 0. The number of likely N-dealkylation sites (tertiary alicyclic amines) is 1. The monoisotopic (exact) mass is 397 g/mol. The molecule has 0 spiro atoms. The molecule has 4 heteroatoms. The predicted molar refractivity (Wildman–Crippen MR) is 117 cm³/mol. The minimum absolute atomic E-state index is 0.131. The summed E-state index contributed by atoms with van der Waals surface area (Å²) in [5, 5.41) is 5.55. The van der Waals surface area contributed by atoms with Gasteiger partial charge < -0.3 is 4.74 Å². The van der Waals surface area contributed by atoms with Gasteiger partial charge in [-0.15, -0.1) is 0 Å². The van der Waals surface area contributed by atoms with Gasteiger partial charge in [0.05, 0.1) is 6.10 Å². The molecule has 3 atom stereocenters. The van der Waals surface area contributed by atoms with Crippen LogP contribution in [0.2, 0.25) is 0 Å². The summed E-state index contributed by atoms with van der Waals surface area (Å²) in [7, 11) is 0. The fourth-order valence-electron chi connectivity index (χ4n) is 6.78. The Balaban J connectivity index is 1.73. The van der Waals surface area contributed by atoms with Crippen LogP contribution in [0.5, 0.6) is 0 Å². The summed E-state index contributed by atoms with van der Waals surface area (Å²) in [6.45, 7) is 10.5. The van der Waals surface area contributed by atoms with E-state index in [4.69, 9.17) is 4.74 Å². The molecule has 3 aliphatic heterocycles. The highest BCUT2D eigenvalue weighted by Crippen LogP contribution is 2.60. The van der Waals surface area contributed by atoms with Crippen molar-refractivity contribution in [3.05, 3.63) is 35.9 Å². The highest BCUT2D eigenvalue weighted by Gasteiger charge is 2.68. The Morgan fingerprint density at radius 1 is 0.931 bits per heavy atom. The normalized spacial score (nSPS) is 37.8. The largest absolute Gasteiger partial charge is 0.367 e. The lowest BCUT2D eigenvalue weighted by atomic mass is 9.72. The molecule has 0 bridgehead atoms.